The molecule has 1 aliphatic rings. The van der Waals surface area contributed by atoms with E-state index in [9.17, 15) is 0 Å². The third kappa shape index (κ3) is 5.21. The Morgan fingerprint density at radius 3 is 2.72 bits per heavy atom. The lowest BCUT2D eigenvalue weighted by Crippen LogP contribution is -2.08. The highest BCUT2D eigenvalue weighted by Gasteiger charge is 2.05. The number of ether oxygens (including phenoxy) is 1. The van der Waals surface area contributed by atoms with Gasteiger partial charge in [-0.2, -0.15) is 0 Å². The van der Waals surface area contributed by atoms with E-state index in [2.05, 4.69) is 26.7 Å². The predicted octanol–water partition coefficient (Wildman–Crippen LogP) is 4.40. The maximum Gasteiger partial charge on any atom is 0.131 e. The highest BCUT2D eigenvalue weighted by atomic mass is 16.5. The third-order valence-electron chi connectivity index (χ3n) is 4.46. The fourth-order valence-electron chi connectivity index (χ4n) is 3.07. The molecular formula is C20H26N4O. The number of hydrogen-bond acceptors (Lipinski definition) is 5. The maximum absolute atomic E-state index is 5.38. The Morgan fingerprint density at radius 2 is 1.92 bits per heavy atom. The van der Waals surface area contributed by atoms with E-state index in [4.69, 9.17) is 4.74 Å². The van der Waals surface area contributed by atoms with Crippen LogP contribution in [0.2, 0.25) is 0 Å². The first-order valence-corrected chi connectivity index (χ1v) is 8.95. The van der Waals surface area contributed by atoms with Crippen LogP contribution in [0.5, 0.6) is 5.75 Å². The Balaban J connectivity index is 1.51. The van der Waals surface area contributed by atoms with Crippen LogP contribution in [0.25, 0.3) is 0 Å². The number of aromatic nitrogens is 2. The minimum Gasteiger partial charge on any atom is -0.496 e. The van der Waals surface area contributed by atoms with Gasteiger partial charge >= 0.3 is 0 Å². The molecule has 25 heavy (non-hydrogen) atoms. The fraction of sp³-hybridized carbons (Fsp3) is 0.400. The lowest BCUT2D eigenvalue weighted by molar-refractivity contribution is 0.410. The number of methoxy groups -OCH3 is 1. The van der Waals surface area contributed by atoms with E-state index >= 15 is 0 Å². The van der Waals surface area contributed by atoms with Crippen LogP contribution < -0.4 is 15.4 Å². The Bertz CT molecular complexity index is 714. The summed E-state index contributed by atoms with van der Waals surface area (Å²) < 4.78 is 5.38. The topological polar surface area (TPSA) is 59.1 Å². The number of rotatable bonds is 8. The van der Waals surface area contributed by atoms with Crippen LogP contribution in [0.1, 0.15) is 37.7 Å². The number of hydrogen-bond donors (Lipinski definition) is 2. The van der Waals surface area contributed by atoms with Crippen molar-refractivity contribution in [3.63, 3.8) is 0 Å². The van der Waals surface area contributed by atoms with E-state index in [1.807, 2.05) is 30.3 Å². The van der Waals surface area contributed by atoms with Gasteiger partial charge in [-0.1, -0.05) is 29.8 Å². The number of anilines is 2. The molecule has 132 valence electrons. The minimum atomic E-state index is 0.660. The predicted molar refractivity (Wildman–Crippen MR) is 102 cm³/mol. The normalized spacial score (nSPS) is 13.9. The Hall–Kier alpha value is -2.56. The molecule has 5 heteroatoms. The molecule has 0 radical (unpaired) electrons. The molecule has 1 aliphatic carbocycles. The molecule has 5 nitrogen and oxygen atoms in total. The monoisotopic (exact) mass is 338 g/mol. The van der Waals surface area contributed by atoms with Crippen molar-refractivity contribution in [1.82, 2.24) is 9.97 Å². The van der Waals surface area contributed by atoms with Crippen LogP contribution in [0.15, 0.2) is 48.3 Å². The summed E-state index contributed by atoms with van der Waals surface area (Å²) in [5.74, 6) is 2.54. The molecule has 2 aromatic rings. The molecular weight excluding hydrogens is 312 g/mol. The largest absolute Gasteiger partial charge is 0.496 e. The standard InChI is InChI=1S/C20H26N4O/c1-25-18-10-6-5-9-17(18)14-22-20-13-19(23-15-24-20)21-12-11-16-7-3-2-4-8-16/h5-7,9-10,13,15H,2-4,8,11-12,14H2,1H3,(H2,21,22,23,24). The van der Waals surface area contributed by atoms with Crippen molar-refractivity contribution in [3.05, 3.63) is 53.9 Å². The molecule has 0 amide bonds. The quantitative estimate of drug-likeness (QED) is 0.699. The average Bonchev–Trinajstić information content (AvgIpc) is 2.68. The summed E-state index contributed by atoms with van der Waals surface area (Å²) in [6.07, 6.45) is 10.2. The summed E-state index contributed by atoms with van der Waals surface area (Å²) in [5, 5.41) is 6.73. The molecule has 0 aliphatic heterocycles. The molecule has 2 N–H and O–H groups in total. The van der Waals surface area contributed by atoms with E-state index < -0.39 is 0 Å². The number of allylic oxidation sites excluding steroid dienone is 1. The Morgan fingerprint density at radius 1 is 1.08 bits per heavy atom. The van der Waals surface area contributed by atoms with Gasteiger partial charge in [0.05, 0.1) is 7.11 Å². The number of nitrogens with zero attached hydrogens (tertiary/aromatic N) is 2. The zero-order chi connectivity index (χ0) is 17.3. The molecule has 1 aromatic heterocycles. The average molecular weight is 338 g/mol. The summed E-state index contributed by atoms with van der Waals surface area (Å²) in [6.45, 7) is 1.57. The molecule has 1 aromatic carbocycles. The van der Waals surface area contributed by atoms with Gasteiger partial charge in [0, 0.05) is 24.7 Å². The first-order valence-electron chi connectivity index (χ1n) is 8.95. The number of benzene rings is 1. The second-order valence-electron chi connectivity index (χ2n) is 6.24. The molecule has 1 heterocycles. The van der Waals surface area contributed by atoms with Gasteiger partial charge in [0.2, 0.25) is 0 Å². The van der Waals surface area contributed by atoms with Crippen LogP contribution in [0, 0.1) is 0 Å². The molecule has 0 saturated heterocycles. The number of nitrogens with one attached hydrogen (secondary N) is 2. The molecule has 0 unspecified atom stereocenters. The van der Waals surface area contributed by atoms with Crippen LogP contribution in [-0.4, -0.2) is 23.6 Å². The van der Waals surface area contributed by atoms with Crippen molar-refractivity contribution < 1.29 is 4.74 Å². The van der Waals surface area contributed by atoms with Crippen molar-refractivity contribution in [2.45, 2.75) is 38.6 Å². The summed E-state index contributed by atoms with van der Waals surface area (Å²) in [5.41, 5.74) is 2.67. The fourth-order valence-corrected chi connectivity index (χ4v) is 3.07. The highest BCUT2D eigenvalue weighted by Crippen LogP contribution is 2.21. The first kappa shape index (κ1) is 17.3. The summed E-state index contributed by atoms with van der Waals surface area (Å²) in [7, 11) is 1.69. The zero-order valence-electron chi connectivity index (χ0n) is 14.8. The Kier molecular flexibility index (Phi) is 6.26. The van der Waals surface area contributed by atoms with Gasteiger partial charge in [0.1, 0.15) is 23.7 Å². The van der Waals surface area contributed by atoms with Crippen molar-refractivity contribution in [2.24, 2.45) is 0 Å². The lowest BCUT2D eigenvalue weighted by atomic mass is 9.97. The van der Waals surface area contributed by atoms with Crippen LogP contribution in [0.4, 0.5) is 11.6 Å². The second-order valence-corrected chi connectivity index (χ2v) is 6.24. The molecule has 0 fully saturated rings. The lowest BCUT2D eigenvalue weighted by Gasteiger charge is -2.13. The van der Waals surface area contributed by atoms with E-state index in [-0.39, 0.29) is 0 Å². The molecule has 3 rings (SSSR count). The van der Waals surface area contributed by atoms with Crippen molar-refractivity contribution in [2.75, 3.05) is 24.3 Å². The van der Waals surface area contributed by atoms with E-state index in [1.54, 1.807) is 19.0 Å². The van der Waals surface area contributed by atoms with Crippen LogP contribution in [-0.2, 0) is 6.54 Å². The second kappa shape index (κ2) is 9.06. The van der Waals surface area contributed by atoms with E-state index in [0.29, 0.717) is 6.54 Å². The molecule has 0 atom stereocenters. The van der Waals surface area contributed by atoms with Crippen molar-refractivity contribution >= 4 is 11.6 Å². The molecule has 0 spiro atoms. The van der Waals surface area contributed by atoms with Gasteiger partial charge in [0.15, 0.2) is 0 Å². The van der Waals surface area contributed by atoms with E-state index in [0.717, 1.165) is 35.9 Å². The van der Waals surface area contributed by atoms with E-state index in [1.165, 1.54) is 25.7 Å². The minimum absolute atomic E-state index is 0.660. The van der Waals surface area contributed by atoms with Gasteiger partial charge in [-0.05, 0) is 38.2 Å². The number of para-hydroxylation sites is 1. The van der Waals surface area contributed by atoms with Gasteiger partial charge in [-0.3, -0.25) is 0 Å². The SMILES string of the molecule is COc1ccccc1CNc1cc(NCCC2=CCCCC2)ncn1. The van der Waals surface area contributed by atoms with Crippen molar-refractivity contribution in [3.8, 4) is 5.75 Å². The van der Waals surface area contributed by atoms with Gasteiger partial charge in [0.25, 0.3) is 0 Å². The highest BCUT2D eigenvalue weighted by molar-refractivity contribution is 5.47. The summed E-state index contributed by atoms with van der Waals surface area (Å²) >= 11 is 0. The first-order chi connectivity index (χ1) is 12.3. The zero-order valence-corrected chi connectivity index (χ0v) is 14.8. The maximum atomic E-state index is 5.38. The van der Waals surface area contributed by atoms with Gasteiger partial charge in [-0.25, -0.2) is 9.97 Å². The summed E-state index contributed by atoms with van der Waals surface area (Å²) in [4.78, 5) is 8.60. The summed E-state index contributed by atoms with van der Waals surface area (Å²) in [6, 6.07) is 9.93. The van der Waals surface area contributed by atoms with Gasteiger partial charge in [-0.15, -0.1) is 0 Å². The van der Waals surface area contributed by atoms with Gasteiger partial charge < -0.3 is 15.4 Å². The van der Waals surface area contributed by atoms with Crippen LogP contribution >= 0.6 is 0 Å². The third-order valence-corrected chi connectivity index (χ3v) is 4.46. The van der Waals surface area contributed by atoms with Crippen LogP contribution in [0.3, 0.4) is 0 Å². The van der Waals surface area contributed by atoms with Crippen molar-refractivity contribution in [1.29, 1.82) is 0 Å². The molecule has 0 saturated carbocycles. The smallest absolute Gasteiger partial charge is 0.131 e. The molecule has 0 bridgehead atoms. The Labute approximate surface area is 149 Å².